The van der Waals surface area contributed by atoms with Crippen LogP contribution < -0.4 is 17.9 Å². The smallest absolute Gasteiger partial charge is 0.434 e. The average Bonchev–Trinajstić information content (AvgIpc) is 2.88. The Morgan fingerprint density at radius 1 is 1.30 bits per heavy atom. The van der Waals surface area contributed by atoms with Gasteiger partial charge in [0.15, 0.2) is 0 Å². The van der Waals surface area contributed by atoms with Gasteiger partial charge >= 0.3 is 6.09 Å². The highest BCUT2D eigenvalue weighted by Gasteiger charge is 2.29. The molecule has 0 unspecified atom stereocenters. The number of carbonyl (C=O) groups is 1. The van der Waals surface area contributed by atoms with Crippen LogP contribution in [0, 0.1) is 0 Å². The summed E-state index contributed by atoms with van der Waals surface area (Å²) in [4.78, 5) is 20.7. The maximum Gasteiger partial charge on any atom is 0.434 e. The summed E-state index contributed by atoms with van der Waals surface area (Å²) in [6, 6.07) is 0. The first-order valence-corrected chi connectivity index (χ1v) is 6.12. The quantitative estimate of drug-likeness (QED) is 0.425. The molecule has 2 aliphatic rings. The molecule has 2 aliphatic heterocycles. The van der Waals surface area contributed by atoms with Gasteiger partial charge in [0, 0.05) is 6.54 Å². The van der Waals surface area contributed by atoms with Crippen LogP contribution in [0.15, 0.2) is 0 Å². The van der Waals surface area contributed by atoms with Gasteiger partial charge in [-0.3, -0.25) is 9.68 Å². The molecule has 9 heteroatoms. The van der Waals surface area contributed by atoms with E-state index in [9.17, 15) is 4.79 Å². The van der Waals surface area contributed by atoms with Gasteiger partial charge in [-0.25, -0.2) is 4.79 Å². The number of nitrogens with zero attached hydrogens (tertiary/aromatic N) is 1. The molecule has 8 nitrogen and oxygen atoms in total. The number of rotatable bonds is 0. The summed E-state index contributed by atoms with van der Waals surface area (Å²) in [6.07, 6.45) is -1.44. The zero-order valence-electron chi connectivity index (χ0n) is 11.8. The molecule has 2 fully saturated rings. The van der Waals surface area contributed by atoms with Crippen LogP contribution in [0.2, 0.25) is 0 Å². The number of aliphatic hydroxyl groups is 2. The second-order valence-electron chi connectivity index (χ2n) is 5.30. The number of hydrogen-bond acceptors (Lipinski definition) is 7. The molecule has 1 amide bonds. The first-order valence-electron chi connectivity index (χ1n) is 6.12. The van der Waals surface area contributed by atoms with E-state index in [1.165, 1.54) is 0 Å². The average molecular weight is 314 g/mol. The lowest BCUT2D eigenvalue weighted by atomic mass is 10.2. The molecule has 0 radical (unpaired) electrons. The number of amides is 1. The van der Waals surface area contributed by atoms with Gasteiger partial charge in [0.25, 0.3) is 0 Å². The molecule has 2 rings (SSSR count). The highest BCUT2D eigenvalue weighted by molar-refractivity contribution is 5.67. The molecule has 3 N–H and O–H groups in total. The largest absolute Gasteiger partial charge is 1.00 e. The monoisotopic (exact) mass is 313 g/mol. The van der Waals surface area contributed by atoms with E-state index in [1.807, 2.05) is 0 Å². The molecule has 2 atom stereocenters. The molecule has 0 aliphatic carbocycles. The van der Waals surface area contributed by atoms with Crippen LogP contribution in [0.4, 0.5) is 4.79 Å². The van der Waals surface area contributed by atoms with E-state index in [1.54, 1.807) is 20.8 Å². The standard InChI is InChI=1S/C8H15NO4.C3H7NO2.ClH/c1-8(2,3)13-7(11)9-4-6(10)5-12-9;5-3-1-4-6-2-3;/h6,10H,4-5H2,1-3H3;3-5H,1-2H2;1H/p-1/t6-;3-;/m00./s1. The molecular formula is C11H22ClN2O6-. The summed E-state index contributed by atoms with van der Waals surface area (Å²) in [5, 5.41) is 18.7. The molecule has 20 heavy (non-hydrogen) atoms. The fourth-order valence-electron chi connectivity index (χ4n) is 1.28. The Kier molecular flexibility index (Phi) is 8.33. The number of carbonyl (C=O) groups excluding carboxylic acids is 1. The minimum atomic E-state index is -0.604. The summed E-state index contributed by atoms with van der Waals surface area (Å²) < 4.78 is 5.02. The molecule has 0 spiro atoms. The first-order chi connectivity index (χ1) is 8.78. The fraction of sp³-hybridized carbons (Fsp3) is 0.909. The van der Waals surface area contributed by atoms with Crippen LogP contribution in [-0.4, -0.2) is 65.5 Å². The zero-order valence-corrected chi connectivity index (χ0v) is 12.6. The molecule has 120 valence electrons. The SMILES string of the molecule is CC(C)(C)OC(=O)N1C[C@H](O)CO1.O[C@H]1CNOC1.[Cl-]. The van der Waals surface area contributed by atoms with Crippen molar-refractivity contribution < 1.29 is 41.8 Å². The Morgan fingerprint density at radius 3 is 2.25 bits per heavy atom. The number of nitrogens with one attached hydrogen (secondary N) is 1. The van der Waals surface area contributed by atoms with E-state index < -0.39 is 17.8 Å². The van der Waals surface area contributed by atoms with E-state index in [4.69, 9.17) is 19.8 Å². The number of hydrogen-bond donors (Lipinski definition) is 3. The fourth-order valence-corrected chi connectivity index (χ4v) is 1.28. The summed E-state index contributed by atoms with van der Waals surface area (Å²) in [5.41, 5.74) is 1.99. The van der Waals surface area contributed by atoms with Crippen molar-refractivity contribution >= 4 is 6.09 Å². The molecule has 0 aromatic rings. The Balaban J connectivity index is 0.000000434. The van der Waals surface area contributed by atoms with Gasteiger partial charge in [-0.15, -0.1) is 0 Å². The normalized spacial score (nSPS) is 25.6. The van der Waals surface area contributed by atoms with Gasteiger partial charge in [-0.1, -0.05) is 0 Å². The topological polar surface area (TPSA) is 100 Å². The van der Waals surface area contributed by atoms with Crippen molar-refractivity contribution in [1.29, 1.82) is 0 Å². The lowest BCUT2D eigenvalue weighted by Crippen LogP contribution is -3.00. The number of β-amino-alcohol motifs (C(OH)–C–C–N with tert-alkyl or cyclic N) is 2. The summed E-state index contributed by atoms with van der Waals surface area (Å²) in [6.45, 7) is 6.65. The van der Waals surface area contributed by atoms with Crippen LogP contribution in [0.25, 0.3) is 0 Å². The van der Waals surface area contributed by atoms with Crippen LogP contribution in [0.1, 0.15) is 20.8 Å². The molecular weight excluding hydrogens is 292 g/mol. The van der Waals surface area contributed by atoms with Crippen molar-refractivity contribution in [3.63, 3.8) is 0 Å². The summed E-state index contributed by atoms with van der Waals surface area (Å²) in [5.74, 6) is 0. The van der Waals surface area contributed by atoms with Gasteiger partial charge in [0.1, 0.15) is 18.3 Å². The van der Waals surface area contributed by atoms with Gasteiger partial charge in [-0.05, 0) is 20.8 Å². The van der Waals surface area contributed by atoms with Crippen molar-refractivity contribution in [3.8, 4) is 0 Å². The maximum atomic E-state index is 11.3. The number of ether oxygens (including phenoxy) is 1. The predicted octanol–water partition coefficient (Wildman–Crippen LogP) is -3.58. The van der Waals surface area contributed by atoms with E-state index >= 15 is 0 Å². The van der Waals surface area contributed by atoms with Gasteiger partial charge in [-0.2, -0.15) is 10.5 Å². The van der Waals surface area contributed by atoms with Crippen molar-refractivity contribution in [3.05, 3.63) is 0 Å². The lowest BCUT2D eigenvalue weighted by Gasteiger charge is -2.22. The van der Waals surface area contributed by atoms with Crippen molar-refractivity contribution in [2.45, 2.75) is 38.6 Å². The second kappa shape index (κ2) is 8.60. The molecule has 2 heterocycles. The van der Waals surface area contributed by atoms with E-state index in [2.05, 4.69) is 10.3 Å². The minimum Gasteiger partial charge on any atom is -1.00 e. The third-order valence-electron chi connectivity index (χ3n) is 2.09. The van der Waals surface area contributed by atoms with E-state index in [0.717, 1.165) is 5.06 Å². The van der Waals surface area contributed by atoms with Crippen molar-refractivity contribution in [2.75, 3.05) is 26.3 Å². The highest BCUT2D eigenvalue weighted by Crippen LogP contribution is 2.13. The highest BCUT2D eigenvalue weighted by atomic mass is 35.5. The van der Waals surface area contributed by atoms with E-state index in [0.29, 0.717) is 13.2 Å². The molecule has 0 aromatic carbocycles. The third-order valence-corrected chi connectivity index (χ3v) is 2.09. The first kappa shape index (κ1) is 19.4. The zero-order chi connectivity index (χ0) is 14.5. The Morgan fingerprint density at radius 2 is 1.95 bits per heavy atom. The van der Waals surface area contributed by atoms with Crippen LogP contribution in [0.5, 0.6) is 0 Å². The van der Waals surface area contributed by atoms with Crippen molar-refractivity contribution in [1.82, 2.24) is 10.5 Å². The summed E-state index contributed by atoms with van der Waals surface area (Å²) >= 11 is 0. The maximum absolute atomic E-state index is 11.3. The van der Waals surface area contributed by atoms with Gasteiger partial charge in [0.2, 0.25) is 0 Å². The lowest BCUT2D eigenvalue weighted by molar-refractivity contribution is -0.107. The predicted molar refractivity (Wildman–Crippen MR) is 64.9 cm³/mol. The summed E-state index contributed by atoms with van der Waals surface area (Å²) in [7, 11) is 0. The third kappa shape index (κ3) is 7.83. The van der Waals surface area contributed by atoms with Gasteiger partial charge in [0.05, 0.1) is 19.3 Å². The minimum absolute atomic E-state index is 0. The number of aliphatic hydroxyl groups excluding tert-OH is 2. The second-order valence-corrected chi connectivity index (χ2v) is 5.30. The Bertz CT molecular complexity index is 293. The number of halogens is 1. The number of hydroxylamine groups is 3. The molecule has 0 bridgehead atoms. The van der Waals surface area contributed by atoms with E-state index in [-0.39, 0.29) is 31.7 Å². The van der Waals surface area contributed by atoms with Crippen LogP contribution in [0.3, 0.4) is 0 Å². The molecule has 2 saturated heterocycles. The van der Waals surface area contributed by atoms with Crippen molar-refractivity contribution in [2.24, 2.45) is 0 Å². The Hall–Kier alpha value is -0.640. The Labute approximate surface area is 124 Å². The molecule has 0 saturated carbocycles. The van der Waals surface area contributed by atoms with Crippen LogP contribution in [-0.2, 0) is 14.4 Å². The van der Waals surface area contributed by atoms with Crippen LogP contribution >= 0.6 is 0 Å². The van der Waals surface area contributed by atoms with Gasteiger partial charge < -0.3 is 27.4 Å². The molecule has 0 aromatic heterocycles.